The van der Waals surface area contributed by atoms with Crippen molar-refractivity contribution in [2.24, 2.45) is 5.92 Å². The van der Waals surface area contributed by atoms with Gasteiger partial charge in [0, 0.05) is 5.92 Å². The molecule has 0 unspecified atom stereocenters. The second-order valence-electron chi connectivity index (χ2n) is 1.60. The molecule has 6 heteroatoms. The Kier molecular flexibility index (Phi) is 12.9. The predicted octanol–water partition coefficient (Wildman–Crippen LogP) is -8.48. The Morgan fingerprint density at radius 3 is 1.45 bits per heavy atom. The summed E-state index contributed by atoms with van der Waals surface area (Å²) in [5, 5.41) is 19.7. The van der Waals surface area contributed by atoms with Crippen molar-refractivity contribution < 1.29 is 57.5 Å². The summed E-state index contributed by atoms with van der Waals surface area (Å²) in [7, 11) is 0. The Morgan fingerprint density at radius 1 is 1.18 bits per heavy atom. The van der Waals surface area contributed by atoms with Crippen LogP contribution in [0.4, 0.5) is 0 Å². The molecule has 0 saturated carbocycles. The van der Waals surface area contributed by atoms with Crippen LogP contribution in [-0.2, 0) is 9.59 Å². The number of aliphatic carboxylic acids is 2. The Morgan fingerprint density at radius 2 is 1.45 bits per heavy atom. The Labute approximate surface area is 88.7 Å². The van der Waals surface area contributed by atoms with Crippen molar-refractivity contribution in [3.63, 3.8) is 0 Å². The molecule has 0 aliphatic heterocycles. The minimum Gasteiger partial charge on any atom is -0.549 e. The van der Waals surface area contributed by atoms with E-state index < -0.39 is 17.9 Å². The molecule has 0 bridgehead atoms. The summed E-state index contributed by atoms with van der Waals surface area (Å²) in [6.45, 7) is 1.44. The van der Waals surface area contributed by atoms with Crippen molar-refractivity contribution in [1.82, 2.24) is 0 Å². The van der Waals surface area contributed by atoms with Gasteiger partial charge in [-0.3, -0.25) is 0 Å². The third-order valence-electron chi connectivity index (χ3n) is 0.977. The third kappa shape index (κ3) is 6.53. The molecule has 4 nitrogen and oxygen atoms in total. The van der Waals surface area contributed by atoms with Crippen molar-refractivity contribution in [1.29, 1.82) is 0 Å². The van der Waals surface area contributed by atoms with Crippen LogP contribution < -0.4 is 47.9 Å². The fourth-order valence-electron chi connectivity index (χ4n) is 0.430. The zero-order valence-corrected chi connectivity index (χ0v) is 6.92. The monoisotopic (exact) mass is 144 g/mol. The molecule has 0 aliphatic rings. The van der Waals surface area contributed by atoms with Gasteiger partial charge in [-0.2, -0.15) is 0 Å². The average molecular weight is 144 g/mol. The number of carboxylic acids is 2. The van der Waals surface area contributed by atoms with Crippen LogP contribution in [0.2, 0.25) is 0 Å². The molecule has 11 heavy (non-hydrogen) atoms. The van der Waals surface area contributed by atoms with Crippen LogP contribution in [0, 0.1) is 5.92 Å². The summed E-state index contributed by atoms with van der Waals surface area (Å²) in [5.41, 5.74) is 0. The molecule has 0 heterocycles. The van der Waals surface area contributed by atoms with E-state index in [0.717, 1.165) is 0 Å². The minimum atomic E-state index is -1.59. The minimum absolute atomic E-state index is 0. The summed E-state index contributed by atoms with van der Waals surface area (Å²) < 4.78 is 0. The van der Waals surface area contributed by atoms with E-state index in [2.05, 4.69) is 0 Å². The van der Waals surface area contributed by atoms with Crippen molar-refractivity contribution in [3.8, 4) is 0 Å². The molecule has 52 valence electrons. The average Bonchev–Trinajstić information content (AvgIpc) is 1.64. The van der Waals surface area contributed by atoms with Crippen LogP contribution >= 0.6 is 0 Å². The maximum Gasteiger partial charge on any atom is 1.00 e. The van der Waals surface area contributed by atoms with Gasteiger partial charge in [0.2, 0.25) is 0 Å². The molecule has 0 aliphatic carbocycles. The number of hydrogen-bond acceptors (Lipinski definition) is 4. The van der Waals surface area contributed by atoms with Gasteiger partial charge < -0.3 is 19.8 Å². The first-order valence-electron chi connectivity index (χ1n) is 2.51. The Bertz CT molecular complexity index is 122. The molecule has 0 fully saturated rings. The topological polar surface area (TPSA) is 80.3 Å². The molecule has 0 aromatic rings. The number of rotatable bonds is 3. The van der Waals surface area contributed by atoms with E-state index in [1.165, 1.54) is 6.92 Å². The van der Waals surface area contributed by atoms with Crippen LogP contribution in [0.1, 0.15) is 13.3 Å². The standard InChI is InChI=1S/C5H8O4.2Li/c1-2-3(4(6)7)5(8)9;;/h3H,2H2,1H3,(H,6,7)(H,8,9);;/q;2*+1/p-2. The number of carbonyl (C=O) groups is 2. The number of carboxylic acid groups (broad SMARTS) is 2. The van der Waals surface area contributed by atoms with Crippen LogP contribution in [0.5, 0.6) is 0 Å². The predicted molar refractivity (Wildman–Crippen MR) is 23.8 cm³/mol. The molecule has 0 N–H and O–H groups in total. The van der Waals surface area contributed by atoms with Crippen LogP contribution in [-0.4, -0.2) is 11.9 Å². The van der Waals surface area contributed by atoms with Gasteiger partial charge in [0.15, 0.2) is 0 Å². The van der Waals surface area contributed by atoms with Gasteiger partial charge >= 0.3 is 37.7 Å². The third-order valence-corrected chi connectivity index (χ3v) is 0.977. The molecule has 0 radical (unpaired) electrons. The van der Waals surface area contributed by atoms with Crippen molar-refractivity contribution in [3.05, 3.63) is 0 Å². The fourth-order valence-corrected chi connectivity index (χ4v) is 0.430. The summed E-state index contributed by atoms with van der Waals surface area (Å²) in [5.74, 6) is -4.64. The first-order chi connectivity index (χ1) is 4.09. The molecule has 0 amide bonds. The van der Waals surface area contributed by atoms with Crippen molar-refractivity contribution in [2.45, 2.75) is 13.3 Å². The quantitative estimate of drug-likeness (QED) is 0.291. The number of carbonyl (C=O) groups excluding carboxylic acids is 2. The van der Waals surface area contributed by atoms with E-state index in [1.807, 2.05) is 0 Å². The molecule has 0 aromatic carbocycles. The van der Waals surface area contributed by atoms with Gasteiger partial charge in [-0.1, -0.05) is 6.92 Å². The van der Waals surface area contributed by atoms with E-state index in [1.54, 1.807) is 0 Å². The largest absolute Gasteiger partial charge is 1.00 e. The summed E-state index contributed by atoms with van der Waals surface area (Å²) in [6.07, 6.45) is 0.00463. The maximum absolute atomic E-state index is 9.84. The van der Waals surface area contributed by atoms with Gasteiger partial charge in [0.1, 0.15) is 0 Å². The van der Waals surface area contributed by atoms with Gasteiger partial charge in [0.05, 0.1) is 11.9 Å². The van der Waals surface area contributed by atoms with E-state index >= 15 is 0 Å². The zero-order valence-electron chi connectivity index (χ0n) is 6.92. The number of hydrogen-bond donors (Lipinski definition) is 0. The fraction of sp³-hybridized carbons (Fsp3) is 0.600. The Hall–Kier alpha value is 0.135. The molecule has 0 saturated heterocycles. The molecule has 0 rings (SSSR count). The molecule has 0 aromatic heterocycles. The van der Waals surface area contributed by atoms with Crippen molar-refractivity contribution >= 4 is 11.9 Å². The van der Waals surface area contributed by atoms with E-state index in [9.17, 15) is 19.8 Å². The maximum atomic E-state index is 9.84. The molecular weight excluding hydrogens is 138 g/mol. The van der Waals surface area contributed by atoms with Crippen LogP contribution in [0.15, 0.2) is 0 Å². The normalized spacial score (nSPS) is 7.82. The SMILES string of the molecule is CCC(C(=O)[O-])C(=O)[O-].[Li+].[Li+]. The van der Waals surface area contributed by atoms with Gasteiger partial charge in [-0.05, 0) is 6.42 Å². The Balaban J connectivity index is -0.000000320. The van der Waals surface area contributed by atoms with Crippen LogP contribution in [0.25, 0.3) is 0 Å². The first kappa shape index (κ1) is 17.3. The van der Waals surface area contributed by atoms with E-state index in [-0.39, 0.29) is 44.1 Å². The van der Waals surface area contributed by atoms with E-state index in [0.29, 0.717) is 0 Å². The van der Waals surface area contributed by atoms with Gasteiger partial charge in [0.25, 0.3) is 0 Å². The first-order valence-corrected chi connectivity index (χ1v) is 2.51. The summed E-state index contributed by atoms with van der Waals surface area (Å²) >= 11 is 0. The van der Waals surface area contributed by atoms with E-state index in [4.69, 9.17) is 0 Å². The smallest absolute Gasteiger partial charge is 0.549 e. The summed E-state index contributed by atoms with van der Waals surface area (Å²) in [6, 6.07) is 0. The molecular formula is C5H6Li2O4. The molecule has 0 atom stereocenters. The van der Waals surface area contributed by atoms with Gasteiger partial charge in [-0.15, -0.1) is 0 Å². The zero-order chi connectivity index (χ0) is 7.44. The second kappa shape index (κ2) is 8.23. The van der Waals surface area contributed by atoms with Crippen molar-refractivity contribution in [2.75, 3.05) is 0 Å². The second-order valence-corrected chi connectivity index (χ2v) is 1.60. The summed E-state index contributed by atoms with van der Waals surface area (Å²) in [4.78, 5) is 19.7. The van der Waals surface area contributed by atoms with Gasteiger partial charge in [-0.25, -0.2) is 0 Å². The van der Waals surface area contributed by atoms with Crippen LogP contribution in [0.3, 0.4) is 0 Å². The molecule has 0 spiro atoms.